The molecule has 0 N–H and O–H groups in total. The van der Waals surface area contributed by atoms with Gasteiger partial charge in [0.15, 0.2) is 13.5 Å². The molecule has 0 amide bonds. The van der Waals surface area contributed by atoms with Gasteiger partial charge in [-0.25, -0.2) is 9.50 Å². The Bertz CT molecular complexity index is 1480. The van der Waals surface area contributed by atoms with Crippen LogP contribution < -0.4 is 10.3 Å². The summed E-state index contributed by atoms with van der Waals surface area (Å²) < 4.78 is 7.79. The van der Waals surface area contributed by atoms with E-state index in [1.165, 1.54) is 12.8 Å². The fourth-order valence-electron chi connectivity index (χ4n) is 4.65. The molecule has 0 saturated carbocycles. The molecule has 0 aliphatic rings. The van der Waals surface area contributed by atoms with Gasteiger partial charge in [-0.2, -0.15) is 5.10 Å². The summed E-state index contributed by atoms with van der Waals surface area (Å²) in [5.74, 6) is 0.783. The zero-order valence-corrected chi connectivity index (χ0v) is 21.9. The third kappa shape index (κ3) is 5.64. The molecule has 4 heterocycles. The normalized spacial score (nSPS) is 11.5. The molecule has 4 aromatic heterocycles. The van der Waals surface area contributed by atoms with Crippen molar-refractivity contribution in [2.24, 2.45) is 0 Å². The van der Waals surface area contributed by atoms with E-state index in [2.05, 4.69) is 45.9 Å². The second-order valence-corrected chi connectivity index (χ2v) is 9.42. The number of unbranched alkanes of at least 4 members (excludes halogenated alkanes) is 1. The number of benzene rings is 1. The lowest BCUT2D eigenvalue weighted by molar-refractivity contribution is 0.206. The standard InChI is InChI=1S/C29H33BN6O/c1-3-5-14-35(13-4-2)15-16-37-22-9-11-26(31-18-22)21-17-32-29-25(19-33-36(29)20-21)23-7-6-8-27-24(23)10-12-28(30)34-27/h6-12,17-20H,3-5,13-16,30H2,1-2H3. The van der Waals surface area contributed by atoms with Gasteiger partial charge in [-0.15, -0.1) is 0 Å². The second-order valence-electron chi connectivity index (χ2n) is 9.42. The number of fused-ring (bicyclic) bond motifs is 2. The predicted octanol–water partition coefficient (Wildman–Crippen LogP) is 4.16. The van der Waals surface area contributed by atoms with Crippen LogP contribution in [0.1, 0.15) is 33.1 Å². The first-order valence-electron chi connectivity index (χ1n) is 13.2. The number of rotatable bonds is 11. The summed E-state index contributed by atoms with van der Waals surface area (Å²) in [6.07, 6.45) is 11.1. The third-order valence-electron chi connectivity index (χ3n) is 6.59. The van der Waals surface area contributed by atoms with Gasteiger partial charge < -0.3 is 4.74 Å². The highest BCUT2D eigenvalue weighted by Crippen LogP contribution is 2.30. The van der Waals surface area contributed by atoms with Crippen molar-refractivity contribution in [1.82, 2.24) is 29.5 Å². The topological polar surface area (TPSA) is 68.4 Å². The van der Waals surface area contributed by atoms with E-state index in [9.17, 15) is 0 Å². The SMILES string of the molecule is Bc1ccc2c(-c3cnn4cc(-c5ccc(OCCN(CCC)CCCC)cn5)cnc34)cccc2n1. The number of nitrogens with zero attached hydrogens (tertiary/aromatic N) is 6. The van der Waals surface area contributed by atoms with Gasteiger partial charge in [0.25, 0.3) is 0 Å². The summed E-state index contributed by atoms with van der Waals surface area (Å²) in [5.41, 5.74) is 6.57. The fourth-order valence-corrected chi connectivity index (χ4v) is 4.65. The Morgan fingerprint density at radius 3 is 2.62 bits per heavy atom. The lowest BCUT2D eigenvalue weighted by Crippen LogP contribution is -2.30. The van der Waals surface area contributed by atoms with Gasteiger partial charge in [-0.3, -0.25) is 14.9 Å². The van der Waals surface area contributed by atoms with Crippen LogP contribution in [0.4, 0.5) is 0 Å². The maximum absolute atomic E-state index is 5.98. The molecule has 5 rings (SSSR count). The van der Waals surface area contributed by atoms with E-state index in [0.717, 1.165) is 76.3 Å². The van der Waals surface area contributed by atoms with Gasteiger partial charge in [0.05, 0.1) is 23.6 Å². The Morgan fingerprint density at radius 2 is 1.81 bits per heavy atom. The van der Waals surface area contributed by atoms with Crippen LogP contribution in [-0.4, -0.2) is 63.6 Å². The summed E-state index contributed by atoms with van der Waals surface area (Å²) in [7, 11) is 2.01. The van der Waals surface area contributed by atoms with E-state index >= 15 is 0 Å². The molecule has 0 fully saturated rings. The van der Waals surface area contributed by atoms with Crippen molar-refractivity contribution in [3.05, 3.63) is 67.3 Å². The summed E-state index contributed by atoms with van der Waals surface area (Å²) in [6, 6.07) is 14.3. The monoisotopic (exact) mass is 492 g/mol. The zero-order chi connectivity index (χ0) is 25.6. The number of ether oxygens (including phenoxy) is 1. The van der Waals surface area contributed by atoms with Gasteiger partial charge >= 0.3 is 0 Å². The van der Waals surface area contributed by atoms with E-state index in [1.54, 1.807) is 6.20 Å². The number of aromatic nitrogens is 5. The van der Waals surface area contributed by atoms with Crippen LogP contribution in [0, 0.1) is 0 Å². The maximum Gasteiger partial charge on any atom is 0.163 e. The van der Waals surface area contributed by atoms with Crippen molar-refractivity contribution in [3.8, 4) is 28.1 Å². The van der Waals surface area contributed by atoms with Gasteiger partial charge in [-0.1, -0.05) is 44.5 Å². The summed E-state index contributed by atoms with van der Waals surface area (Å²) in [4.78, 5) is 16.5. The highest BCUT2D eigenvalue weighted by molar-refractivity contribution is 6.31. The second kappa shape index (κ2) is 11.5. The molecule has 0 spiro atoms. The Labute approximate surface area is 219 Å². The van der Waals surface area contributed by atoms with Gasteiger partial charge in [0.1, 0.15) is 12.4 Å². The molecule has 0 bridgehead atoms. The first-order valence-corrected chi connectivity index (χ1v) is 13.2. The molecule has 8 heteroatoms. The van der Waals surface area contributed by atoms with E-state index in [-0.39, 0.29) is 0 Å². The molecule has 0 atom stereocenters. The molecule has 7 nitrogen and oxygen atoms in total. The van der Waals surface area contributed by atoms with Crippen LogP contribution in [-0.2, 0) is 0 Å². The molecule has 0 aliphatic carbocycles. The van der Waals surface area contributed by atoms with Crippen molar-refractivity contribution in [3.63, 3.8) is 0 Å². The first kappa shape index (κ1) is 24.9. The minimum atomic E-state index is 0.664. The lowest BCUT2D eigenvalue weighted by atomic mass is 9.99. The molecule has 5 aromatic rings. The molecule has 37 heavy (non-hydrogen) atoms. The first-order chi connectivity index (χ1) is 18.2. The predicted molar refractivity (Wildman–Crippen MR) is 152 cm³/mol. The van der Waals surface area contributed by atoms with E-state index in [0.29, 0.717) is 6.61 Å². The van der Waals surface area contributed by atoms with Crippen molar-refractivity contribution >= 4 is 30.0 Å². The summed E-state index contributed by atoms with van der Waals surface area (Å²) >= 11 is 0. The quantitative estimate of drug-likeness (QED) is 0.258. The minimum absolute atomic E-state index is 0.664. The lowest BCUT2D eigenvalue weighted by Gasteiger charge is -2.21. The Morgan fingerprint density at radius 1 is 0.892 bits per heavy atom. The zero-order valence-electron chi connectivity index (χ0n) is 21.9. The molecule has 0 aliphatic heterocycles. The smallest absolute Gasteiger partial charge is 0.163 e. The number of hydrogen-bond acceptors (Lipinski definition) is 6. The molecule has 0 saturated heterocycles. The van der Waals surface area contributed by atoms with Crippen LogP contribution in [0.25, 0.3) is 38.9 Å². The largest absolute Gasteiger partial charge is 0.491 e. The van der Waals surface area contributed by atoms with Crippen LogP contribution >= 0.6 is 0 Å². The van der Waals surface area contributed by atoms with Crippen molar-refractivity contribution in [1.29, 1.82) is 0 Å². The summed E-state index contributed by atoms with van der Waals surface area (Å²) in [5, 5.41) is 5.68. The van der Waals surface area contributed by atoms with Crippen molar-refractivity contribution in [2.45, 2.75) is 33.1 Å². The average molecular weight is 492 g/mol. The Balaban J connectivity index is 1.30. The van der Waals surface area contributed by atoms with Crippen LogP contribution in [0.15, 0.2) is 67.3 Å². The number of pyridine rings is 2. The minimum Gasteiger partial charge on any atom is -0.491 e. The van der Waals surface area contributed by atoms with E-state index in [4.69, 9.17) is 9.72 Å². The van der Waals surface area contributed by atoms with Crippen molar-refractivity contribution < 1.29 is 4.74 Å². The van der Waals surface area contributed by atoms with Crippen LogP contribution in [0.5, 0.6) is 5.75 Å². The molecule has 0 radical (unpaired) electrons. The third-order valence-corrected chi connectivity index (χ3v) is 6.59. The Hall–Kier alpha value is -3.78. The Kier molecular flexibility index (Phi) is 7.75. The van der Waals surface area contributed by atoms with Gasteiger partial charge in [-0.05, 0) is 55.3 Å². The molecular weight excluding hydrogens is 459 g/mol. The highest BCUT2D eigenvalue weighted by Gasteiger charge is 2.13. The molecule has 188 valence electrons. The van der Waals surface area contributed by atoms with E-state index < -0.39 is 0 Å². The number of hydrogen-bond donors (Lipinski definition) is 0. The molecule has 0 unspecified atom stereocenters. The van der Waals surface area contributed by atoms with Gasteiger partial charge in [0, 0.05) is 35.5 Å². The fraction of sp³-hybridized carbons (Fsp3) is 0.310. The molecule has 1 aromatic carbocycles. The molecular formula is C29H33BN6O. The van der Waals surface area contributed by atoms with Crippen LogP contribution in [0.2, 0.25) is 0 Å². The highest BCUT2D eigenvalue weighted by atomic mass is 16.5. The van der Waals surface area contributed by atoms with E-state index in [1.807, 2.05) is 61.3 Å². The van der Waals surface area contributed by atoms with Crippen molar-refractivity contribution in [2.75, 3.05) is 26.2 Å². The maximum atomic E-state index is 5.98. The summed E-state index contributed by atoms with van der Waals surface area (Å²) in [6.45, 7) is 8.30. The average Bonchev–Trinajstić information content (AvgIpc) is 3.34. The van der Waals surface area contributed by atoms with Crippen LogP contribution in [0.3, 0.4) is 0 Å². The van der Waals surface area contributed by atoms with Gasteiger partial charge in [0.2, 0.25) is 0 Å².